The molecule has 0 spiro atoms. The molecule has 1 fully saturated rings. The van der Waals surface area contributed by atoms with Crippen molar-refractivity contribution in [3.63, 3.8) is 0 Å². The Bertz CT molecular complexity index is 490. The highest BCUT2D eigenvalue weighted by Crippen LogP contribution is 2.23. The second-order valence-corrected chi connectivity index (χ2v) is 5.32. The molecule has 20 heavy (non-hydrogen) atoms. The van der Waals surface area contributed by atoms with Crippen LogP contribution in [0.1, 0.15) is 29.3 Å². The van der Waals surface area contributed by atoms with Gasteiger partial charge in [-0.3, -0.25) is 4.90 Å². The number of ether oxygens (including phenoxy) is 1. The van der Waals surface area contributed by atoms with Crippen LogP contribution in [0.3, 0.4) is 0 Å². The van der Waals surface area contributed by atoms with Crippen molar-refractivity contribution in [2.45, 2.75) is 26.0 Å². The van der Waals surface area contributed by atoms with Gasteiger partial charge in [-0.15, -0.1) is 0 Å². The van der Waals surface area contributed by atoms with E-state index in [0.29, 0.717) is 6.54 Å². The molecule has 2 unspecified atom stereocenters. The molecule has 1 saturated heterocycles. The third-order valence-corrected chi connectivity index (χ3v) is 3.86. The molecule has 4 nitrogen and oxygen atoms in total. The lowest BCUT2D eigenvalue weighted by molar-refractivity contribution is 0.0597. The number of carbonyl (C=O) groups excluding carboxylic acids is 1. The average Bonchev–Trinajstić information content (AvgIpc) is 2.88. The molecule has 0 saturated carbocycles. The summed E-state index contributed by atoms with van der Waals surface area (Å²) < 4.78 is 18.0. The Balaban J connectivity index is 2.12. The lowest BCUT2D eigenvalue weighted by atomic mass is 10.0. The van der Waals surface area contributed by atoms with Gasteiger partial charge >= 0.3 is 5.97 Å². The molecule has 0 bridgehead atoms. The topological polar surface area (TPSA) is 49.8 Å². The minimum atomic E-state index is -0.522. The van der Waals surface area contributed by atoms with Crippen molar-refractivity contribution in [3.05, 3.63) is 35.1 Å². The van der Waals surface area contributed by atoms with Crippen molar-refractivity contribution < 1.29 is 19.0 Å². The third kappa shape index (κ3) is 3.35. The molecule has 1 heterocycles. The molecule has 2 rings (SSSR count). The normalized spacial score (nSPS) is 20.9. The minimum absolute atomic E-state index is 0.261. The van der Waals surface area contributed by atoms with Gasteiger partial charge < -0.3 is 9.84 Å². The van der Waals surface area contributed by atoms with E-state index in [4.69, 9.17) is 4.74 Å². The first-order valence-corrected chi connectivity index (χ1v) is 6.78. The van der Waals surface area contributed by atoms with Gasteiger partial charge in [0.15, 0.2) is 0 Å². The minimum Gasteiger partial charge on any atom is -0.465 e. The fourth-order valence-corrected chi connectivity index (χ4v) is 2.63. The van der Waals surface area contributed by atoms with Crippen molar-refractivity contribution in [1.82, 2.24) is 4.90 Å². The van der Waals surface area contributed by atoms with Crippen LogP contribution >= 0.6 is 0 Å². The van der Waals surface area contributed by atoms with Gasteiger partial charge in [-0.25, -0.2) is 9.18 Å². The number of nitrogens with zero attached hydrogens (tertiary/aromatic N) is 1. The van der Waals surface area contributed by atoms with Gasteiger partial charge in [-0.05, 0) is 43.5 Å². The number of likely N-dealkylation sites (tertiary alicyclic amines) is 1. The highest BCUT2D eigenvalue weighted by molar-refractivity contribution is 5.91. The molecule has 0 radical (unpaired) electrons. The van der Waals surface area contributed by atoms with E-state index in [-0.39, 0.29) is 17.6 Å². The summed E-state index contributed by atoms with van der Waals surface area (Å²) in [6.07, 6.45) is 0.611. The molecular formula is C15H20FNO3. The SMILES string of the molecule is COC(=O)c1cc(F)ccc1CN1CCC(C(C)O)C1. The van der Waals surface area contributed by atoms with Gasteiger partial charge in [-0.2, -0.15) is 0 Å². The summed E-state index contributed by atoms with van der Waals surface area (Å²) in [5.41, 5.74) is 1.03. The van der Waals surface area contributed by atoms with Crippen LogP contribution in [-0.2, 0) is 11.3 Å². The van der Waals surface area contributed by atoms with Crippen LogP contribution in [0.15, 0.2) is 18.2 Å². The molecule has 1 aromatic rings. The quantitative estimate of drug-likeness (QED) is 0.855. The molecule has 1 aliphatic rings. The molecule has 0 aromatic heterocycles. The van der Waals surface area contributed by atoms with E-state index < -0.39 is 11.8 Å². The Hall–Kier alpha value is -1.46. The number of benzene rings is 1. The van der Waals surface area contributed by atoms with E-state index >= 15 is 0 Å². The number of aliphatic hydroxyl groups is 1. The van der Waals surface area contributed by atoms with Gasteiger partial charge in [0.05, 0.1) is 18.8 Å². The lowest BCUT2D eigenvalue weighted by Gasteiger charge is -2.18. The Morgan fingerprint density at radius 1 is 1.60 bits per heavy atom. The number of methoxy groups -OCH3 is 1. The maximum Gasteiger partial charge on any atom is 0.338 e. The zero-order chi connectivity index (χ0) is 14.7. The number of carbonyl (C=O) groups is 1. The third-order valence-electron chi connectivity index (χ3n) is 3.86. The van der Waals surface area contributed by atoms with Crippen molar-refractivity contribution in [2.75, 3.05) is 20.2 Å². The van der Waals surface area contributed by atoms with Crippen LogP contribution in [0, 0.1) is 11.7 Å². The van der Waals surface area contributed by atoms with Crippen molar-refractivity contribution >= 4 is 5.97 Å². The molecule has 1 aliphatic heterocycles. The van der Waals surface area contributed by atoms with Crippen molar-refractivity contribution in [2.24, 2.45) is 5.92 Å². The summed E-state index contributed by atoms with van der Waals surface area (Å²) in [7, 11) is 1.29. The maximum atomic E-state index is 13.3. The van der Waals surface area contributed by atoms with Crippen molar-refractivity contribution in [1.29, 1.82) is 0 Å². The predicted octanol–water partition coefficient (Wildman–Crippen LogP) is 1.81. The number of hydrogen-bond donors (Lipinski definition) is 1. The predicted molar refractivity (Wildman–Crippen MR) is 72.8 cm³/mol. The second-order valence-electron chi connectivity index (χ2n) is 5.32. The van der Waals surface area contributed by atoms with Gasteiger partial charge in [0, 0.05) is 13.1 Å². The van der Waals surface area contributed by atoms with Crippen LogP contribution in [0.25, 0.3) is 0 Å². The number of esters is 1. The summed E-state index contributed by atoms with van der Waals surface area (Å²) in [5.74, 6) is -0.708. The van der Waals surface area contributed by atoms with Crippen molar-refractivity contribution in [3.8, 4) is 0 Å². The van der Waals surface area contributed by atoms with E-state index in [2.05, 4.69) is 4.90 Å². The molecule has 110 valence electrons. The summed E-state index contributed by atoms with van der Waals surface area (Å²) in [5, 5.41) is 9.60. The van der Waals surface area contributed by atoms with E-state index in [9.17, 15) is 14.3 Å². The first kappa shape index (κ1) is 14.9. The summed E-state index contributed by atoms with van der Waals surface area (Å²) >= 11 is 0. The molecule has 0 amide bonds. The number of rotatable bonds is 4. The van der Waals surface area contributed by atoms with Crippen LogP contribution in [-0.4, -0.2) is 42.3 Å². The summed E-state index contributed by atoms with van der Waals surface area (Å²) in [6.45, 7) is 4.02. The Morgan fingerprint density at radius 3 is 2.95 bits per heavy atom. The van der Waals surface area contributed by atoms with E-state index in [0.717, 1.165) is 25.1 Å². The molecule has 1 aromatic carbocycles. The monoisotopic (exact) mass is 281 g/mol. The van der Waals surface area contributed by atoms with Crippen LogP contribution in [0.5, 0.6) is 0 Å². The number of hydrogen-bond acceptors (Lipinski definition) is 4. The first-order valence-electron chi connectivity index (χ1n) is 6.78. The summed E-state index contributed by atoms with van der Waals surface area (Å²) in [6, 6.07) is 4.19. The van der Waals surface area contributed by atoms with Gasteiger partial charge in [-0.1, -0.05) is 6.07 Å². The van der Waals surface area contributed by atoms with Crippen LogP contribution in [0.4, 0.5) is 4.39 Å². The second kappa shape index (κ2) is 6.33. The highest BCUT2D eigenvalue weighted by Gasteiger charge is 2.26. The Morgan fingerprint density at radius 2 is 2.35 bits per heavy atom. The maximum absolute atomic E-state index is 13.3. The largest absolute Gasteiger partial charge is 0.465 e. The van der Waals surface area contributed by atoms with E-state index in [1.165, 1.54) is 19.2 Å². The zero-order valence-electron chi connectivity index (χ0n) is 11.8. The molecular weight excluding hydrogens is 261 g/mol. The number of aliphatic hydroxyl groups excluding tert-OH is 1. The van der Waals surface area contributed by atoms with E-state index in [1.807, 2.05) is 0 Å². The summed E-state index contributed by atoms with van der Waals surface area (Å²) in [4.78, 5) is 13.8. The number of halogens is 1. The van der Waals surface area contributed by atoms with Crippen LogP contribution in [0.2, 0.25) is 0 Å². The van der Waals surface area contributed by atoms with Gasteiger partial charge in [0.2, 0.25) is 0 Å². The zero-order valence-corrected chi connectivity index (χ0v) is 11.8. The van der Waals surface area contributed by atoms with E-state index in [1.54, 1.807) is 13.0 Å². The van der Waals surface area contributed by atoms with Crippen LogP contribution < -0.4 is 0 Å². The highest BCUT2D eigenvalue weighted by atomic mass is 19.1. The fourth-order valence-electron chi connectivity index (χ4n) is 2.63. The molecule has 2 atom stereocenters. The Kier molecular flexibility index (Phi) is 4.73. The Labute approximate surface area is 118 Å². The standard InChI is InChI=1S/C15H20FNO3/c1-10(18)11-5-6-17(8-11)9-12-3-4-13(16)7-14(12)15(19)20-2/h3-4,7,10-11,18H,5-6,8-9H2,1-2H3. The fraction of sp³-hybridized carbons (Fsp3) is 0.533. The lowest BCUT2D eigenvalue weighted by Crippen LogP contribution is -2.25. The smallest absolute Gasteiger partial charge is 0.338 e. The first-order chi connectivity index (χ1) is 9.51. The van der Waals surface area contributed by atoms with Gasteiger partial charge in [0.25, 0.3) is 0 Å². The molecule has 0 aliphatic carbocycles. The average molecular weight is 281 g/mol. The van der Waals surface area contributed by atoms with Gasteiger partial charge in [0.1, 0.15) is 5.82 Å². The molecule has 1 N–H and O–H groups in total. The molecule has 5 heteroatoms.